The van der Waals surface area contributed by atoms with E-state index in [-0.39, 0.29) is 11.7 Å². The first-order chi connectivity index (χ1) is 15.9. The fourth-order valence-electron chi connectivity index (χ4n) is 3.29. The number of ether oxygens (including phenoxy) is 1. The zero-order valence-electron chi connectivity index (χ0n) is 18.0. The van der Waals surface area contributed by atoms with Crippen LogP contribution in [0.2, 0.25) is 0 Å². The third-order valence-electron chi connectivity index (χ3n) is 4.68. The summed E-state index contributed by atoms with van der Waals surface area (Å²) >= 11 is 0. The monoisotopic (exact) mass is 494 g/mol. The maximum absolute atomic E-state index is 13.0. The molecule has 1 aliphatic heterocycles. The summed E-state index contributed by atoms with van der Waals surface area (Å²) in [7, 11) is -3.67. The summed E-state index contributed by atoms with van der Waals surface area (Å²) in [6.07, 6.45) is 0.500. The van der Waals surface area contributed by atoms with Crippen LogP contribution >= 0.6 is 0 Å². The zero-order valence-corrected chi connectivity index (χ0v) is 18.8. The van der Waals surface area contributed by atoms with Crippen LogP contribution < -0.4 is 10.1 Å². The Balaban J connectivity index is 0.000000588. The fraction of sp³-hybridized carbons (Fsp3) is 0.217. The van der Waals surface area contributed by atoms with Crippen LogP contribution in [-0.2, 0) is 21.1 Å². The molecule has 2 N–H and O–H groups in total. The minimum absolute atomic E-state index is 0.145. The Bertz CT molecular complexity index is 1330. The van der Waals surface area contributed by atoms with Gasteiger partial charge in [0, 0.05) is 28.9 Å². The predicted molar refractivity (Wildman–Crippen MR) is 122 cm³/mol. The molecule has 0 aliphatic carbocycles. The number of amides is 1. The van der Waals surface area contributed by atoms with Crippen LogP contribution in [0.15, 0.2) is 60.8 Å². The molecular weight excluding hydrogens is 473 g/mol. The third-order valence-corrected chi connectivity index (χ3v) is 4.68. The Morgan fingerprint density at radius 3 is 2.62 bits per heavy atom. The van der Waals surface area contributed by atoms with Crippen LogP contribution in [0.1, 0.15) is 24.0 Å². The number of nitrogens with one attached hydrogen (secondary N) is 1. The molecule has 0 spiro atoms. The highest BCUT2D eigenvalue weighted by atomic mass is 32.2. The van der Waals surface area contributed by atoms with Crippen molar-refractivity contribution in [1.29, 1.82) is 0 Å². The van der Waals surface area contributed by atoms with Crippen molar-refractivity contribution in [3.8, 4) is 5.75 Å². The molecule has 0 unspecified atom stereocenters. The predicted octanol–water partition coefficient (Wildman–Crippen LogP) is 4.95. The smallest absolute Gasteiger partial charge is 0.416 e. The van der Waals surface area contributed by atoms with Crippen LogP contribution in [0.25, 0.3) is 16.5 Å². The van der Waals surface area contributed by atoms with Crippen LogP contribution in [0, 0.1) is 0 Å². The van der Waals surface area contributed by atoms with Crippen molar-refractivity contribution in [2.75, 3.05) is 18.2 Å². The first kappa shape index (κ1) is 25.2. The molecule has 0 saturated carbocycles. The van der Waals surface area contributed by atoms with Gasteiger partial charge < -0.3 is 10.1 Å². The van der Waals surface area contributed by atoms with Crippen molar-refractivity contribution in [3.63, 3.8) is 0 Å². The molecule has 0 bridgehead atoms. The minimum atomic E-state index is -4.45. The van der Waals surface area contributed by atoms with Gasteiger partial charge in [0.15, 0.2) is 0 Å². The number of allylic oxidation sites excluding steroid dienone is 1. The van der Waals surface area contributed by atoms with Crippen molar-refractivity contribution in [1.82, 2.24) is 4.98 Å². The van der Waals surface area contributed by atoms with Crippen molar-refractivity contribution in [2.24, 2.45) is 0 Å². The minimum Gasteiger partial charge on any atom is -0.493 e. The number of nitrogens with zero attached hydrogens (tertiary/aromatic N) is 1. The van der Waals surface area contributed by atoms with E-state index in [1.54, 1.807) is 18.3 Å². The van der Waals surface area contributed by atoms with Gasteiger partial charge in [0.05, 0.1) is 23.9 Å². The lowest BCUT2D eigenvalue weighted by atomic mass is 9.99. The Morgan fingerprint density at radius 2 is 1.91 bits per heavy atom. The molecule has 34 heavy (non-hydrogen) atoms. The van der Waals surface area contributed by atoms with E-state index < -0.39 is 21.9 Å². The third kappa shape index (κ3) is 7.29. The molecular formula is C23H21F3N2O5S. The lowest BCUT2D eigenvalue weighted by Crippen LogP contribution is -2.09. The first-order valence-electron chi connectivity index (χ1n) is 10.0. The molecule has 2 aromatic carbocycles. The molecule has 180 valence electrons. The number of halogens is 3. The van der Waals surface area contributed by atoms with Gasteiger partial charge in [0.1, 0.15) is 5.75 Å². The number of fused-ring (bicyclic) bond motifs is 2. The topological polar surface area (TPSA) is 106 Å². The highest BCUT2D eigenvalue weighted by molar-refractivity contribution is 7.85. The van der Waals surface area contributed by atoms with E-state index in [1.165, 1.54) is 12.1 Å². The molecule has 7 nitrogen and oxygen atoms in total. The molecule has 0 saturated heterocycles. The summed E-state index contributed by atoms with van der Waals surface area (Å²) in [6.45, 7) is 0.295. The highest BCUT2D eigenvalue weighted by Crippen LogP contribution is 2.38. The Hall–Kier alpha value is -3.44. The van der Waals surface area contributed by atoms with E-state index in [2.05, 4.69) is 10.3 Å². The number of hydrogen-bond donors (Lipinski definition) is 2. The Labute approximate surface area is 194 Å². The summed E-state index contributed by atoms with van der Waals surface area (Å²) in [6, 6.07) is 12.5. The van der Waals surface area contributed by atoms with Gasteiger partial charge in [-0.05, 0) is 48.7 Å². The largest absolute Gasteiger partial charge is 0.493 e. The second-order valence-corrected chi connectivity index (χ2v) is 8.93. The van der Waals surface area contributed by atoms with E-state index in [0.717, 1.165) is 23.0 Å². The number of alkyl halides is 3. The molecule has 11 heteroatoms. The van der Waals surface area contributed by atoms with Crippen molar-refractivity contribution < 1.29 is 35.7 Å². The van der Waals surface area contributed by atoms with Crippen LogP contribution in [0.5, 0.6) is 5.75 Å². The Kier molecular flexibility index (Phi) is 7.57. The lowest BCUT2D eigenvalue weighted by Gasteiger charge is -2.13. The number of aromatic nitrogens is 1. The summed E-state index contributed by atoms with van der Waals surface area (Å²) < 4.78 is 70.3. The van der Waals surface area contributed by atoms with Gasteiger partial charge >= 0.3 is 6.18 Å². The standard InChI is InChI=1S/C22H17F3N2O2.CH4O3S/c23-22(24,25)16-6-8-18-15(4-2-10-29-20(18)12-16)11-21(28)27-17-7-5-14-3-1-9-26-19(14)13-17;1-5(2,3)4/h1,3,5-9,11-13H,2,4,10H2,(H,27,28);1H3,(H,2,3,4). The molecule has 1 aromatic heterocycles. The number of rotatable bonds is 2. The van der Waals surface area contributed by atoms with Crippen LogP contribution in [-0.4, -0.2) is 36.7 Å². The van der Waals surface area contributed by atoms with E-state index in [0.29, 0.717) is 42.5 Å². The summed E-state index contributed by atoms with van der Waals surface area (Å²) in [5, 5.41) is 3.75. The SMILES string of the molecule is CS(=O)(=O)O.O=C(C=C1CCCOc2cc(C(F)(F)F)ccc21)Nc1ccc2cccnc2c1. The average Bonchev–Trinajstić information content (AvgIpc) is 2.93. The maximum Gasteiger partial charge on any atom is 0.416 e. The van der Waals surface area contributed by atoms with Crippen molar-refractivity contribution >= 4 is 38.2 Å². The van der Waals surface area contributed by atoms with Gasteiger partial charge in [-0.2, -0.15) is 21.6 Å². The molecule has 1 aliphatic rings. The number of pyridine rings is 1. The first-order valence-corrected chi connectivity index (χ1v) is 11.9. The van der Waals surface area contributed by atoms with Gasteiger partial charge in [-0.15, -0.1) is 0 Å². The van der Waals surface area contributed by atoms with Gasteiger partial charge in [-0.1, -0.05) is 18.2 Å². The summed E-state index contributed by atoms with van der Waals surface area (Å²) in [4.78, 5) is 16.8. The van der Waals surface area contributed by atoms with Gasteiger partial charge in [-0.25, -0.2) is 0 Å². The molecule has 0 atom stereocenters. The molecule has 0 fully saturated rings. The molecule has 3 aromatic rings. The van der Waals surface area contributed by atoms with Crippen molar-refractivity contribution in [2.45, 2.75) is 19.0 Å². The summed E-state index contributed by atoms with van der Waals surface area (Å²) in [5.41, 5.74) is 1.72. The summed E-state index contributed by atoms with van der Waals surface area (Å²) in [5.74, 6) is -0.214. The second-order valence-electron chi connectivity index (χ2n) is 7.46. The van der Waals surface area contributed by atoms with E-state index >= 15 is 0 Å². The molecule has 2 heterocycles. The number of carbonyl (C=O) groups is 1. The fourth-order valence-corrected chi connectivity index (χ4v) is 3.29. The number of anilines is 1. The van der Waals surface area contributed by atoms with Crippen molar-refractivity contribution in [3.05, 3.63) is 71.9 Å². The lowest BCUT2D eigenvalue weighted by molar-refractivity contribution is -0.137. The number of hydrogen-bond acceptors (Lipinski definition) is 5. The average molecular weight is 494 g/mol. The maximum atomic E-state index is 13.0. The quantitative estimate of drug-likeness (QED) is 0.386. The molecule has 1 amide bonds. The second kappa shape index (κ2) is 10.2. The van der Waals surface area contributed by atoms with E-state index in [1.807, 2.05) is 18.2 Å². The van der Waals surface area contributed by atoms with Gasteiger partial charge in [0.25, 0.3) is 10.1 Å². The normalized spacial score (nSPS) is 14.9. The number of benzene rings is 2. The van der Waals surface area contributed by atoms with Crippen LogP contribution in [0.3, 0.4) is 0 Å². The van der Waals surface area contributed by atoms with E-state index in [9.17, 15) is 26.4 Å². The van der Waals surface area contributed by atoms with Gasteiger partial charge in [-0.3, -0.25) is 14.3 Å². The molecule has 0 radical (unpaired) electrons. The zero-order chi connectivity index (χ0) is 24.9. The highest BCUT2D eigenvalue weighted by Gasteiger charge is 2.32. The van der Waals surface area contributed by atoms with Gasteiger partial charge in [0.2, 0.25) is 5.91 Å². The van der Waals surface area contributed by atoms with Crippen LogP contribution in [0.4, 0.5) is 18.9 Å². The number of carbonyl (C=O) groups excluding carboxylic acids is 1. The Morgan fingerprint density at radius 1 is 1.18 bits per heavy atom. The van der Waals surface area contributed by atoms with E-state index in [4.69, 9.17) is 9.29 Å². The molecule has 4 rings (SSSR count).